The fraction of sp³-hybridized carbons (Fsp3) is 0.176. The lowest BCUT2D eigenvalue weighted by Crippen LogP contribution is -2.06. The van der Waals surface area contributed by atoms with Crippen molar-refractivity contribution >= 4 is 33.2 Å². The lowest BCUT2D eigenvalue weighted by atomic mass is 10.1. The van der Waals surface area contributed by atoms with Gasteiger partial charge in [-0.2, -0.15) is 10.5 Å². The van der Waals surface area contributed by atoms with Gasteiger partial charge >= 0.3 is 0 Å². The summed E-state index contributed by atoms with van der Waals surface area (Å²) in [6.45, 7) is 0. The molecule has 12 heteroatoms. The molecule has 0 atom stereocenters. The van der Waals surface area contributed by atoms with Crippen molar-refractivity contribution in [2.75, 3.05) is 12.5 Å². The van der Waals surface area contributed by atoms with E-state index in [1.165, 1.54) is 42.1 Å². The number of nitriles is 2. The summed E-state index contributed by atoms with van der Waals surface area (Å²) in [5, 5.41) is 17.8. The number of hydrogen-bond acceptors (Lipinski definition) is 9. The Hall–Kier alpha value is -5.04. The highest BCUT2D eigenvalue weighted by atomic mass is 32.2. The molecule has 2 aliphatic carbocycles. The normalized spacial score (nSPS) is 13.2. The molecule has 0 unspecified atom stereocenters. The number of sulfone groups is 1. The molecule has 0 saturated heterocycles. The van der Waals surface area contributed by atoms with E-state index in [9.17, 15) is 26.8 Å². The molecule has 0 fully saturated rings. The number of carbonyl (C=O) groups is 2. The van der Waals surface area contributed by atoms with Gasteiger partial charge in [0.2, 0.25) is 0 Å². The number of fused-ring (bicyclic) bond motifs is 2. The fourth-order valence-corrected chi connectivity index (χ4v) is 6.91. The van der Waals surface area contributed by atoms with Gasteiger partial charge in [-0.3, -0.25) is 9.59 Å². The molecular weight excluding hydrogens is 635 g/mol. The lowest BCUT2D eigenvalue weighted by Gasteiger charge is -2.13. The SMILES string of the molecule is CS(=O)(=O)c1ccc(Oc2cc(F)cc(C#N)c2)c2c1C(=O)CC2.CSc1ccc(Oc2cc(F)cc(C#N)c2)c2c1C(=O)CC2. The maximum atomic E-state index is 13.5. The van der Waals surface area contributed by atoms with Crippen molar-refractivity contribution in [3.8, 4) is 35.1 Å². The Labute approximate surface area is 268 Å². The maximum absolute atomic E-state index is 13.5. The summed E-state index contributed by atoms with van der Waals surface area (Å²) in [6.07, 6.45) is 4.61. The van der Waals surface area contributed by atoms with Crippen molar-refractivity contribution in [2.24, 2.45) is 0 Å². The molecule has 0 aromatic heterocycles. The summed E-state index contributed by atoms with van der Waals surface area (Å²) in [4.78, 5) is 25.0. The summed E-state index contributed by atoms with van der Waals surface area (Å²) in [5.74, 6) is -0.0808. The summed E-state index contributed by atoms with van der Waals surface area (Å²) in [6, 6.07) is 17.5. The molecule has 0 amide bonds. The molecule has 46 heavy (non-hydrogen) atoms. The van der Waals surface area contributed by atoms with Gasteiger partial charge in [0.1, 0.15) is 34.6 Å². The van der Waals surface area contributed by atoms with E-state index in [2.05, 4.69) is 0 Å². The van der Waals surface area contributed by atoms with Gasteiger partial charge in [-0.15, -0.1) is 11.8 Å². The van der Waals surface area contributed by atoms with E-state index in [0.29, 0.717) is 36.1 Å². The smallest absolute Gasteiger partial charge is 0.176 e. The van der Waals surface area contributed by atoms with Gasteiger partial charge in [0, 0.05) is 58.4 Å². The van der Waals surface area contributed by atoms with E-state index in [-0.39, 0.29) is 56.8 Å². The molecule has 0 saturated carbocycles. The van der Waals surface area contributed by atoms with Gasteiger partial charge in [-0.05, 0) is 67.6 Å². The number of hydrogen-bond donors (Lipinski definition) is 0. The summed E-state index contributed by atoms with van der Waals surface area (Å²) in [5.41, 5.74) is 2.51. The predicted octanol–water partition coefficient (Wildman–Crippen LogP) is 7.36. The van der Waals surface area contributed by atoms with Gasteiger partial charge in [-0.1, -0.05) is 0 Å². The van der Waals surface area contributed by atoms with Gasteiger partial charge < -0.3 is 9.47 Å². The number of ketones is 2. The Morgan fingerprint density at radius 2 is 1.20 bits per heavy atom. The Bertz CT molecular complexity index is 2120. The first-order valence-corrected chi connectivity index (χ1v) is 16.9. The minimum atomic E-state index is -3.55. The summed E-state index contributed by atoms with van der Waals surface area (Å²) in [7, 11) is -3.55. The minimum Gasteiger partial charge on any atom is -0.457 e. The molecule has 0 aliphatic heterocycles. The van der Waals surface area contributed by atoms with Crippen molar-refractivity contribution in [1.82, 2.24) is 0 Å². The molecule has 0 bridgehead atoms. The van der Waals surface area contributed by atoms with Crippen LogP contribution in [0.5, 0.6) is 23.0 Å². The van der Waals surface area contributed by atoms with Crippen LogP contribution in [0.2, 0.25) is 0 Å². The van der Waals surface area contributed by atoms with E-state index < -0.39 is 21.5 Å². The number of Topliss-reactive ketones (excluding diaryl/α,β-unsaturated/α-hetero) is 2. The Morgan fingerprint density at radius 1 is 0.717 bits per heavy atom. The van der Waals surface area contributed by atoms with Crippen molar-refractivity contribution < 1.29 is 36.3 Å². The van der Waals surface area contributed by atoms with Gasteiger partial charge in [0.25, 0.3) is 0 Å². The first kappa shape index (κ1) is 32.4. The molecule has 8 nitrogen and oxygen atoms in total. The van der Waals surface area contributed by atoms with E-state index in [1.54, 1.807) is 6.07 Å². The average molecular weight is 659 g/mol. The molecule has 232 valence electrons. The zero-order valence-corrected chi connectivity index (χ0v) is 26.2. The third kappa shape index (κ3) is 6.79. The molecule has 0 radical (unpaired) electrons. The van der Waals surface area contributed by atoms with Crippen LogP contribution < -0.4 is 9.47 Å². The molecule has 4 aromatic carbocycles. The molecule has 6 rings (SSSR count). The van der Waals surface area contributed by atoms with Crippen LogP contribution in [-0.4, -0.2) is 32.5 Å². The largest absolute Gasteiger partial charge is 0.457 e. The number of benzene rings is 4. The van der Waals surface area contributed by atoms with Crippen molar-refractivity contribution in [1.29, 1.82) is 10.5 Å². The Kier molecular flexibility index (Phi) is 9.24. The second kappa shape index (κ2) is 13.1. The van der Waals surface area contributed by atoms with Crippen LogP contribution in [-0.2, 0) is 22.7 Å². The van der Waals surface area contributed by atoms with Crippen LogP contribution in [0.1, 0.15) is 55.8 Å². The first-order chi connectivity index (χ1) is 21.9. The maximum Gasteiger partial charge on any atom is 0.176 e. The highest BCUT2D eigenvalue weighted by Gasteiger charge is 2.30. The van der Waals surface area contributed by atoms with Crippen LogP contribution >= 0.6 is 11.8 Å². The van der Waals surface area contributed by atoms with Crippen LogP contribution in [0.3, 0.4) is 0 Å². The molecule has 0 heterocycles. The Morgan fingerprint density at radius 3 is 1.67 bits per heavy atom. The number of carbonyl (C=O) groups excluding carboxylic acids is 2. The lowest BCUT2D eigenvalue weighted by molar-refractivity contribution is 0.0984. The Balaban J connectivity index is 0.000000182. The fourth-order valence-electron chi connectivity index (χ4n) is 5.35. The van der Waals surface area contributed by atoms with Crippen molar-refractivity contribution in [2.45, 2.75) is 35.5 Å². The number of thioether (sulfide) groups is 1. The first-order valence-electron chi connectivity index (χ1n) is 13.8. The summed E-state index contributed by atoms with van der Waals surface area (Å²) >= 11 is 1.52. The van der Waals surface area contributed by atoms with Gasteiger partial charge in [0.05, 0.1) is 28.2 Å². The van der Waals surface area contributed by atoms with Crippen LogP contribution in [0, 0.1) is 34.3 Å². The standard InChI is InChI=1S/C17H12FNO4S.C17H12FNO2S/c1-24(21,22)16-5-4-15(13-2-3-14(20)17(13)16)23-12-7-10(9-19)6-11(18)8-12;1-22-16-5-4-15(13-2-3-14(20)17(13)16)21-12-7-10(9-19)6-11(18)8-12/h4-8H,2-3H2,1H3;4-8H,2-3H2,1H3. The predicted molar refractivity (Wildman–Crippen MR) is 165 cm³/mol. The zero-order chi connectivity index (χ0) is 33.2. The van der Waals surface area contributed by atoms with Gasteiger partial charge in [0.15, 0.2) is 21.4 Å². The quantitative estimate of drug-likeness (QED) is 0.195. The second-order valence-electron chi connectivity index (χ2n) is 10.4. The van der Waals surface area contributed by atoms with E-state index in [1.807, 2.05) is 24.5 Å². The highest BCUT2D eigenvalue weighted by Crippen LogP contribution is 2.40. The molecule has 2 aliphatic rings. The highest BCUT2D eigenvalue weighted by molar-refractivity contribution is 7.98. The monoisotopic (exact) mass is 658 g/mol. The molecular formula is C34H24F2N2O6S2. The molecule has 4 aromatic rings. The number of rotatable bonds is 6. The summed E-state index contributed by atoms with van der Waals surface area (Å²) < 4.78 is 62.1. The zero-order valence-electron chi connectivity index (χ0n) is 24.5. The second-order valence-corrected chi connectivity index (χ2v) is 13.3. The average Bonchev–Trinajstić information content (AvgIpc) is 3.60. The van der Waals surface area contributed by atoms with Crippen LogP contribution in [0.4, 0.5) is 8.78 Å². The van der Waals surface area contributed by atoms with Gasteiger partial charge in [-0.25, -0.2) is 17.2 Å². The third-order valence-electron chi connectivity index (χ3n) is 7.30. The number of halogens is 2. The van der Waals surface area contributed by atoms with E-state index >= 15 is 0 Å². The van der Waals surface area contributed by atoms with Crippen LogP contribution in [0.15, 0.2) is 70.5 Å². The van der Waals surface area contributed by atoms with Crippen molar-refractivity contribution in [3.05, 3.63) is 106 Å². The number of ether oxygens (including phenoxy) is 2. The third-order valence-corrected chi connectivity index (χ3v) is 9.22. The molecule has 0 N–H and O–H groups in total. The van der Waals surface area contributed by atoms with Crippen molar-refractivity contribution in [3.63, 3.8) is 0 Å². The van der Waals surface area contributed by atoms with E-state index in [0.717, 1.165) is 34.9 Å². The molecule has 0 spiro atoms. The number of nitrogens with zero attached hydrogens (tertiary/aromatic N) is 2. The topological polar surface area (TPSA) is 134 Å². The minimum absolute atomic E-state index is 0.0238. The van der Waals surface area contributed by atoms with E-state index in [4.69, 9.17) is 20.0 Å². The van der Waals surface area contributed by atoms with Crippen LogP contribution in [0.25, 0.3) is 0 Å².